The van der Waals surface area contributed by atoms with Crippen molar-refractivity contribution < 1.29 is 44.2 Å². The van der Waals surface area contributed by atoms with Gasteiger partial charge in [0, 0.05) is 6.20 Å². The van der Waals surface area contributed by atoms with E-state index in [1.807, 2.05) is 0 Å². The summed E-state index contributed by atoms with van der Waals surface area (Å²) in [6.45, 7) is 2.58. The van der Waals surface area contributed by atoms with Crippen LogP contribution >= 0.6 is 0 Å². The second-order valence-corrected chi connectivity index (χ2v) is 4.92. The van der Waals surface area contributed by atoms with Crippen molar-refractivity contribution in [3.63, 3.8) is 0 Å². The van der Waals surface area contributed by atoms with Gasteiger partial charge in [-0.15, -0.1) is 0 Å². The van der Waals surface area contributed by atoms with Gasteiger partial charge in [0.2, 0.25) is 0 Å². The molecule has 1 fully saturated rings. The average Bonchev–Trinajstić information content (AvgIpc) is 2.54. The molecule has 0 spiro atoms. The zero-order valence-electron chi connectivity index (χ0n) is 13.4. The third kappa shape index (κ3) is 4.89. The Hall–Kier alpha value is -1.72. The van der Waals surface area contributed by atoms with Crippen LogP contribution < -0.4 is 5.32 Å². The molecule has 1 aliphatic heterocycles. The molecular formula is C14H23NO9. The van der Waals surface area contributed by atoms with E-state index in [1.165, 1.54) is 0 Å². The fourth-order valence-electron chi connectivity index (χ4n) is 2.08. The lowest BCUT2D eigenvalue weighted by Gasteiger charge is -2.40. The first-order valence-corrected chi connectivity index (χ1v) is 7.48. The van der Waals surface area contributed by atoms with Gasteiger partial charge in [-0.25, -0.2) is 9.59 Å². The molecule has 1 aliphatic rings. The quantitative estimate of drug-likeness (QED) is 0.143. The molecule has 1 rings (SSSR count). The monoisotopic (exact) mass is 349 g/mol. The molecule has 0 radical (unpaired) electrons. The highest BCUT2D eigenvalue weighted by Gasteiger charge is 2.43. The minimum atomic E-state index is -1.59. The third-order valence-corrected chi connectivity index (χ3v) is 3.31. The standard InChI is InChI=1S/C14H23NO9/c1-3-22-12(19)7(13(20)23-4-2)5-15-9-11(18)10(17)8(6-16)24-14(9)21/h5,8-11,14-18,21H,3-4,6H2,1-2H3/t8-,9-,10+,11-,14+/m1/s1. The lowest BCUT2D eigenvalue weighted by atomic mass is 9.97. The van der Waals surface area contributed by atoms with E-state index in [4.69, 9.17) is 19.3 Å². The van der Waals surface area contributed by atoms with Gasteiger partial charge in [-0.2, -0.15) is 0 Å². The van der Waals surface area contributed by atoms with E-state index in [9.17, 15) is 24.9 Å². The normalized spacial score (nSPS) is 29.5. The number of hydrogen-bond donors (Lipinski definition) is 5. The molecule has 138 valence electrons. The summed E-state index contributed by atoms with van der Waals surface area (Å²) in [5.41, 5.74) is -0.475. The van der Waals surface area contributed by atoms with E-state index in [-0.39, 0.29) is 13.2 Å². The SMILES string of the molecule is CCOC(=O)C(=CN[C@@H]1[C@@H](O)[C@@H](O)[C@@H](CO)O[C@@H]1O)C(=O)OCC. The third-order valence-electron chi connectivity index (χ3n) is 3.31. The number of ether oxygens (including phenoxy) is 3. The second-order valence-electron chi connectivity index (χ2n) is 4.92. The molecule has 0 aromatic carbocycles. The number of esters is 2. The molecule has 24 heavy (non-hydrogen) atoms. The minimum absolute atomic E-state index is 0.0320. The van der Waals surface area contributed by atoms with Crippen LogP contribution in [0, 0.1) is 0 Å². The van der Waals surface area contributed by atoms with Crippen LogP contribution in [-0.4, -0.2) is 82.8 Å². The van der Waals surface area contributed by atoms with Gasteiger partial charge in [-0.05, 0) is 13.8 Å². The number of aliphatic hydroxyl groups is 4. The Bertz CT molecular complexity index is 447. The van der Waals surface area contributed by atoms with Gasteiger partial charge < -0.3 is 40.0 Å². The fourth-order valence-corrected chi connectivity index (χ4v) is 2.08. The Labute approximate surface area is 138 Å². The molecule has 1 heterocycles. The molecule has 0 amide bonds. The van der Waals surface area contributed by atoms with Crippen molar-refractivity contribution in [2.75, 3.05) is 19.8 Å². The van der Waals surface area contributed by atoms with E-state index in [0.717, 1.165) is 6.20 Å². The molecule has 5 atom stereocenters. The molecule has 5 N–H and O–H groups in total. The van der Waals surface area contributed by atoms with Gasteiger partial charge in [-0.1, -0.05) is 0 Å². The molecule has 0 bridgehead atoms. The van der Waals surface area contributed by atoms with E-state index in [0.29, 0.717) is 0 Å². The zero-order valence-corrected chi connectivity index (χ0v) is 13.4. The molecule has 0 unspecified atom stereocenters. The number of rotatable bonds is 7. The van der Waals surface area contributed by atoms with E-state index in [1.54, 1.807) is 13.8 Å². The van der Waals surface area contributed by atoms with Crippen LogP contribution in [-0.2, 0) is 23.8 Å². The summed E-state index contributed by atoms with van der Waals surface area (Å²) >= 11 is 0. The van der Waals surface area contributed by atoms with E-state index < -0.39 is 54.8 Å². The summed E-state index contributed by atoms with van der Waals surface area (Å²) in [5, 5.41) is 41.0. The molecule has 0 aromatic rings. The minimum Gasteiger partial charge on any atom is -0.462 e. The summed E-state index contributed by atoms with van der Waals surface area (Å²) < 4.78 is 14.4. The first kappa shape index (κ1) is 20.3. The molecule has 1 saturated heterocycles. The number of hydrogen-bond acceptors (Lipinski definition) is 10. The Morgan fingerprint density at radius 1 is 1.08 bits per heavy atom. The van der Waals surface area contributed by atoms with Crippen LogP contribution in [0.25, 0.3) is 0 Å². The van der Waals surface area contributed by atoms with Gasteiger partial charge in [-0.3, -0.25) is 0 Å². The summed E-state index contributed by atoms with van der Waals surface area (Å²) in [5.74, 6) is -1.89. The van der Waals surface area contributed by atoms with Gasteiger partial charge >= 0.3 is 11.9 Å². The van der Waals surface area contributed by atoms with Crippen LogP contribution in [0.3, 0.4) is 0 Å². The maximum Gasteiger partial charge on any atom is 0.347 e. The Morgan fingerprint density at radius 3 is 2.08 bits per heavy atom. The Kier molecular flexibility index (Phi) is 8.08. The Morgan fingerprint density at radius 2 is 1.62 bits per heavy atom. The number of nitrogens with one attached hydrogen (secondary N) is 1. The van der Waals surface area contributed by atoms with Crippen LogP contribution in [0.2, 0.25) is 0 Å². The molecular weight excluding hydrogens is 326 g/mol. The zero-order chi connectivity index (χ0) is 18.3. The maximum atomic E-state index is 11.8. The summed E-state index contributed by atoms with van der Waals surface area (Å²) in [7, 11) is 0. The molecule has 0 saturated carbocycles. The van der Waals surface area contributed by atoms with Crippen LogP contribution in [0.15, 0.2) is 11.8 Å². The van der Waals surface area contributed by atoms with E-state index in [2.05, 4.69) is 5.32 Å². The van der Waals surface area contributed by atoms with E-state index >= 15 is 0 Å². The van der Waals surface area contributed by atoms with Gasteiger partial charge in [0.25, 0.3) is 0 Å². The van der Waals surface area contributed by atoms with Crippen molar-refractivity contribution in [1.82, 2.24) is 5.32 Å². The highest BCUT2D eigenvalue weighted by molar-refractivity contribution is 6.13. The summed E-state index contributed by atoms with van der Waals surface area (Å²) in [4.78, 5) is 23.6. The molecule has 10 nitrogen and oxygen atoms in total. The number of carbonyl (C=O) groups excluding carboxylic acids is 2. The lowest BCUT2D eigenvalue weighted by molar-refractivity contribution is -0.252. The predicted molar refractivity (Wildman–Crippen MR) is 78.3 cm³/mol. The number of carbonyl (C=O) groups is 2. The maximum absolute atomic E-state index is 11.8. The molecule has 0 aliphatic carbocycles. The van der Waals surface area contributed by atoms with Crippen molar-refractivity contribution >= 4 is 11.9 Å². The highest BCUT2D eigenvalue weighted by Crippen LogP contribution is 2.20. The summed E-state index contributed by atoms with van der Waals surface area (Å²) in [6.07, 6.45) is -4.83. The van der Waals surface area contributed by atoms with Crippen molar-refractivity contribution in [2.45, 2.75) is 44.5 Å². The predicted octanol–water partition coefficient (Wildman–Crippen LogP) is -2.61. The average molecular weight is 349 g/mol. The van der Waals surface area contributed by atoms with Gasteiger partial charge in [0.1, 0.15) is 24.4 Å². The molecule has 10 heteroatoms. The van der Waals surface area contributed by atoms with Crippen LogP contribution in [0.5, 0.6) is 0 Å². The fraction of sp³-hybridized carbons (Fsp3) is 0.714. The summed E-state index contributed by atoms with van der Waals surface area (Å²) in [6, 6.07) is -1.25. The number of aliphatic hydroxyl groups excluding tert-OH is 4. The van der Waals surface area contributed by atoms with Crippen LogP contribution in [0.4, 0.5) is 0 Å². The first-order chi connectivity index (χ1) is 11.4. The molecule has 0 aromatic heterocycles. The first-order valence-electron chi connectivity index (χ1n) is 7.48. The van der Waals surface area contributed by atoms with Crippen molar-refractivity contribution in [3.05, 3.63) is 11.8 Å². The van der Waals surface area contributed by atoms with Crippen molar-refractivity contribution in [2.24, 2.45) is 0 Å². The van der Waals surface area contributed by atoms with Crippen LogP contribution in [0.1, 0.15) is 13.8 Å². The topological polar surface area (TPSA) is 155 Å². The largest absolute Gasteiger partial charge is 0.462 e. The van der Waals surface area contributed by atoms with Crippen molar-refractivity contribution in [3.8, 4) is 0 Å². The Balaban J connectivity index is 2.91. The smallest absolute Gasteiger partial charge is 0.347 e. The van der Waals surface area contributed by atoms with Crippen molar-refractivity contribution in [1.29, 1.82) is 0 Å². The highest BCUT2D eigenvalue weighted by atomic mass is 16.6. The van der Waals surface area contributed by atoms with Gasteiger partial charge in [0.05, 0.1) is 19.8 Å². The second kappa shape index (κ2) is 9.55. The lowest BCUT2D eigenvalue weighted by Crippen LogP contribution is -2.62. The van der Waals surface area contributed by atoms with Gasteiger partial charge in [0.15, 0.2) is 11.9 Å².